The van der Waals surface area contributed by atoms with Crippen molar-refractivity contribution in [3.05, 3.63) is 56.5 Å². The van der Waals surface area contributed by atoms with E-state index in [1.807, 2.05) is 19.1 Å². The van der Waals surface area contributed by atoms with E-state index in [0.29, 0.717) is 29.4 Å². The summed E-state index contributed by atoms with van der Waals surface area (Å²) in [5.74, 6) is -0.166. The van der Waals surface area contributed by atoms with E-state index in [1.54, 1.807) is 6.07 Å². The van der Waals surface area contributed by atoms with Crippen LogP contribution in [0.2, 0.25) is 15.1 Å². The van der Waals surface area contributed by atoms with Gasteiger partial charge in [0.15, 0.2) is 0 Å². The Morgan fingerprint density at radius 1 is 1.19 bits per heavy atom. The number of hydrogen-bond acceptors (Lipinski definition) is 4. The predicted octanol–water partition coefficient (Wildman–Crippen LogP) is 6.34. The molecule has 2 aromatic rings. The molecule has 1 aliphatic heterocycles. The minimum Gasteiger partial charge on any atom is -0.322 e. The van der Waals surface area contributed by atoms with Gasteiger partial charge in [-0.25, -0.2) is 0 Å². The molecule has 0 bridgehead atoms. The first kappa shape index (κ1) is 20.6. The molecule has 2 aromatic carbocycles. The summed E-state index contributed by atoms with van der Waals surface area (Å²) in [5, 5.41) is 3.57. The van der Waals surface area contributed by atoms with Gasteiger partial charge in [0.1, 0.15) is 0 Å². The summed E-state index contributed by atoms with van der Waals surface area (Å²) >= 11 is 18.5. The van der Waals surface area contributed by atoms with Gasteiger partial charge >= 0.3 is 0 Å². The molecule has 0 aliphatic carbocycles. The van der Waals surface area contributed by atoms with Gasteiger partial charge in [0.25, 0.3) is 5.91 Å². The minimum absolute atomic E-state index is 0.103. The van der Waals surface area contributed by atoms with E-state index in [9.17, 15) is 13.9 Å². The number of aryl methyl sites for hydroxylation is 1. The number of benzene rings is 2. The van der Waals surface area contributed by atoms with Gasteiger partial charge in [-0.05, 0) is 48.7 Å². The SMILES string of the molecule is CCc1cc(Cl)cc(NC(=O)c2cc(N3CCCS3(O)O)cc(Cl)c2Cl)c1. The zero-order valence-corrected chi connectivity index (χ0v) is 17.6. The Hall–Kier alpha value is -1.15. The molecular formula is C18H19Cl3N2O3S. The Balaban J connectivity index is 1.94. The van der Waals surface area contributed by atoms with E-state index >= 15 is 0 Å². The number of rotatable bonds is 4. The molecule has 0 spiro atoms. The largest absolute Gasteiger partial charge is 0.322 e. The van der Waals surface area contributed by atoms with E-state index in [0.717, 1.165) is 12.0 Å². The highest BCUT2D eigenvalue weighted by molar-refractivity contribution is 8.25. The molecule has 9 heteroatoms. The first-order valence-electron chi connectivity index (χ1n) is 8.34. The molecule has 0 aromatic heterocycles. The van der Waals surface area contributed by atoms with Crippen LogP contribution in [0, 0.1) is 0 Å². The molecule has 3 N–H and O–H groups in total. The van der Waals surface area contributed by atoms with Crippen molar-refractivity contribution in [1.82, 2.24) is 0 Å². The van der Waals surface area contributed by atoms with Crippen LogP contribution in [-0.2, 0) is 6.42 Å². The van der Waals surface area contributed by atoms with Gasteiger partial charge in [-0.15, -0.1) is 10.8 Å². The second kappa shape index (κ2) is 8.07. The van der Waals surface area contributed by atoms with Crippen LogP contribution < -0.4 is 9.62 Å². The maximum absolute atomic E-state index is 12.8. The normalized spacial score (nSPS) is 17.0. The number of amides is 1. The van der Waals surface area contributed by atoms with Gasteiger partial charge in [0, 0.05) is 17.3 Å². The van der Waals surface area contributed by atoms with Gasteiger partial charge in [-0.1, -0.05) is 41.7 Å². The van der Waals surface area contributed by atoms with Crippen molar-refractivity contribution in [3.63, 3.8) is 0 Å². The number of hydrogen-bond donors (Lipinski definition) is 3. The third-order valence-corrected chi connectivity index (χ3v) is 7.26. The molecule has 1 heterocycles. The lowest BCUT2D eigenvalue weighted by Crippen LogP contribution is -2.22. The van der Waals surface area contributed by atoms with E-state index in [1.165, 1.54) is 16.4 Å². The highest BCUT2D eigenvalue weighted by Crippen LogP contribution is 2.51. The van der Waals surface area contributed by atoms with Gasteiger partial charge in [0.05, 0.1) is 27.0 Å². The van der Waals surface area contributed by atoms with E-state index < -0.39 is 16.7 Å². The van der Waals surface area contributed by atoms with Crippen molar-refractivity contribution in [2.45, 2.75) is 19.8 Å². The Bertz CT molecular complexity index is 892. The first-order valence-corrected chi connectivity index (χ1v) is 11.2. The minimum atomic E-state index is -2.90. The Labute approximate surface area is 174 Å². The zero-order chi connectivity index (χ0) is 19.8. The molecule has 27 heavy (non-hydrogen) atoms. The van der Waals surface area contributed by atoms with Crippen LogP contribution in [0.3, 0.4) is 0 Å². The smallest absolute Gasteiger partial charge is 0.257 e. The molecule has 1 aliphatic rings. The second-order valence-corrected chi connectivity index (χ2v) is 9.57. The fourth-order valence-electron chi connectivity index (χ4n) is 2.97. The average molecular weight is 450 g/mol. The van der Waals surface area contributed by atoms with Crippen LogP contribution >= 0.6 is 45.6 Å². The third-order valence-electron chi connectivity index (χ3n) is 4.30. The highest BCUT2D eigenvalue weighted by Gasteiger charge is 2.30. The topological polar surface area (TPSA) is 72.8 Å². The van der Waals surface area contributed by atoms with Gasteiger partial charge in [-0.2, -0.15) is 0 Å². The molecule has 5 nitrogen and oxygen atoms in total. The lowest BCUT2D eigenvalue weighted by atomic mass is 10.1. The Morgan fingerprint density at radius 3 is 2.56 bits per heavy atom. The lowest BCUT2D eigenvalue weighted by molar-refractivity contribution is 0.102. The van der Waals surface area contributed by atoms with E-state index in [-0.39, 0.29) is 21.4 Å². The van der Waals surface area contributed by atoms with Crippen LogP contribution in [-0.4, -0.2) is 27.3 Å². The number of carbonyl (C=O) groups excluding carboxylic acids is 1. The molecule has 1 amide bonds. The number of anilines is 2. The van der Waals surface area contributed by atoms with E-state index in [2.05, 4.69) is 5.32 Å². The molecule has 146 valence electrons. The van der Waals surface area contributed by atoms with Crippen molar-refractivity contribution in [3.8, 4) is 0 Å². The van der Waals surface area contributed by atoms with Gasteiger partial charge in [-0.3, -0.25) is 18.2 Å². The highest BCUT2D eigenvalue weighted by atomic mass is 35.5. The van der Waals surface area contributed by atoms with E-state index in [4.69, 9.17) is 34.8 Å². The molecule has 0 atom stereocenters. The van der Waals surface area contributed by atoms with Crippen LogP contribution in [0.4, 0.5) is 11.4 Å². The first-order chi connectivity index (χ1) is 12.7. The van der Waals surface area contributed by atoms with Gasteiger partial charge < -0.3 is 5.32 Å². The zero-order valence-electron chi connectivity index (χ0n) is 14.5. The number of nitrogens with zero attached hydrogens (tertiary/aromatic N) is 1. The van der Waals surface area contributed by atoms with Crippen LogP contribution in [0.5, 0.6) is 0 Å². The summed E-state index contributed by atoms with van der Waals surface area (Å²) in [7, 11) is -2.90. The molecule has 0 radical (unpaired) electrons. The monoisotopic (exact) mass is 448 g/mol. The molecule has 3 rings (SSSR count). The van der Waals surface area contributed by atoms with Crippen molar-refractivity contribution in [2.24, 2.45) is 0 Å². The maximum Gasteiger partial charge on any atom is 0.257 e. The van der Waals surface area contributed by atoms with Crippen molar-refractivity contribution in [2.75, 3.05) is 21.9 Å². The fourth-order valence-corrected chi connectivity index (χ4v) is 5.23. The summed E-state index contributed by atoms with van der Waals surface area (Å²) in [4.78, 5) is 12.8. The second-order valence-electron chi connectivity index (χ2n) is 6.24. The number of nitrogens with one attached hydrogen (secondary N) is 1. The Kier molecular flexibility index (Phi) is 6.15. The molecule has 0 unspecified atom stereocenters. The van der Waals surface area contributed by atoms with Crippen molar-refractivity contribution in [1.29, 1.82) is 0 Å². The van der Waals surface area contributed by atoms with Crippen LogP contribution in [0.1, 0.15) is 29.3 Å². The van der Waals surface area contributed by atoms with Crippen molar-refractivity contribution < 1.29 is 13.9 Å². The summed E-state index contributed by atoms with van der Waals surface area (Å²) in [6, 6.07) is 8.37. The summed E-state index contributed by atoms with van der Waals surface area (Å²) < 4.78 is 21.9. The standard InChI is InChI=1S/C18H19Cl3N2O3S/c1-2-11-6-12(19)8-13(7-11)22-18(24)15-9-14(10-16(20)17(15)21)23-4-3-5-27(23,25)26/h6-10,25-26H,2-5H2,1H3,(H,22,24). The molecular weight excluding hydrogens is 431 g/mol. The van der Waals surface area contributed by atoms with Gasteiger partial charge in [0.2, 0.25) is 0 Å². The quantitative estimate of drug-likeness (QED) is 0.509. The number of halogens is 3. The summed E-state index contributed by atoms with van der Waals surface area (Å²) in [6.45, 7) is 2.46. The Morgan fingerprint density at radius 2 is 1.93 bits per heavy atom. The number of carbonyl (C=O) groups is 1. The predicted molar refractivity (Wildman–Crippen MR) is 115 cm³/mol. The average Bonchev–Trinajstić information content (AvgIpc) is 2.95. The molecule has 1 fully saturated rings. The fraction of sp³-hybridized carbons (Fsp3) is 0.278. The third kappa shape index (κ3) is 4.47. The summed E-state index contributed by atoms with van der Waals surface area (Å²) in [5.41, 5.74) is 2.14. The van der Waals surface area contributed by atoms with Crippen LogP contribution in [0.15, 0.2) is 30.3 Å². The van der Waals surface area contributed by atoms with Crippen LogP contribution in [0.25, 0.3) is 0 Å². The molecule has 0 saturated carbocycles. The lowest BCUT2D eigenvalue weighted by Gasteiger charge is -2.38. The maximum atomic E-state index is 12.8. The van der Waals surface area contributed by atoms with Crippen molar-refractivity contribution >= 4 is 62.9 Å². The molecule has 1 saturated heterocycles. The summed E-state index contributed by atoms with van der Waals surface area (Å²) in [6.07, 6.45) is 1.42.